The van der Waals surface area contributed by atoms with Gasteiger partial charge in [0.05, 0.1) is 5.71 Å². The largest absolute Gasteiger partial charge is 0.478 e. The van der Waals surface area contributed by atoms with E-state index in [-0.39, 0.29) is 5.57 Å². The van der Waals surface area contributed by atoms with Crippen LogP contribution >= 0.6 is 11.6 Å². The molecule has 0 saturated carbocycles. The normalized spacial score (nSPS) is 12.6. The molecule has 0 heterocycles. The summed E-state index contributed by atoms with van der Waals surface area (Å²) in [7, 11) is 1.51. The summed E-state index contributed by atoms with van der Waals surface area (Å²) in [6.07, 6.45) is 1.03. The molecule has 0 aliphatic carbocycles. The molecule has 3 N–H and O–H groups in total. The molecule has 1 aromatic rings. The summed E-state index contributed by atoms with van der Waals surface area (Å²) < 4.78 is 0. The number of nitrogens with zero attached hydrogens (tertiary/aromatic N) is 1. The number of benzene rings is 1. The third kappa shape index (κ3) is 2.61. The zero-order valence-corrected chi connectivity index (χ0v) is 9.40. The molecule has 1 aromatic carbocycles. The summed E-state index contributed by atoms with van der Waals surface area (Å²) in [6.45, 7) is 0. The number of aliphatic carboxylic acids is 1. The van der Waals surface area contributed by atoms with E-state index in [4.69, 9.17) is 22.4 Å². The predicted octanol–water partition coefficient (Wildman–Crippen LogP) is 1.69. The molecule has 0 aliphatic heterocycles. The number of halogens is 1. The molecule has 84 valence electrons. The van der Waals surface area contributed by atoms with Crippen LogP contribution in [0.25, 0.3) is 0 Å². The standard InChI is InChI=1S/C11H11ClN2O2/c1-14-10(9(6-13)11(15)16)7-2-4-8(12)5-3-7/h2-6H,13H2,1H3,(H,15,16). The van der Waals surface area contributed by atoms with Crippen LogP contribution in [0.15, 0.2) is 41.0 Å². The second kappa shape index (κ2) is 5.32. The van der Waals surface area contributed by atoms with E-state index in [1.807, 2.05) is 0 Å². The first-order valence-corrected chi connectivity index (χ1v) is 4.86. The summed E-state index contributed by atoms with van der Waals surface area (Å²) in [5, 5.41) is 9.51. The maximum Gasteiger partial charge on any atom is 0.339 e. The van der Waals surface area contributed by atoms with E-state index >= 15 is 0 Å². The van der Waals surface area contributed by atoms with Crippen molar-refractivity contribution >= 4 is 23.3 Å². The van der Waals surface area contributed by atoms with Gasteiger partial charge in [-0.2, -0.15) is 0 Å². The minimum absolute atomic E-state index is 0.0372. The summed E-state index contributed by atoms with van der Waals surface area (Å²) >= 11 is 5.74. The van der Waals surface area contributed by atoms with Gasteiger partial charge in [0.25, 0.3) is 0 Å². The summed E-state index contributed by atoms with van der Waals surface area (Å²) in [5.74, 6) is -1.11. The van der Waals surface area contributed by atoms with Crippen LogP contribution in [-0.2, 0) is 4.79 Å². The number of hydrogen-bond donors (Lipinski definition) is 2. The topological polar surface area (TPSA) is 75.7 Å². The Labute approximate surface area is 98.1 Å². The Morgan fingerprint density at radius 1 is 1.44 bits per heavy atom. The molecule has 0 aliphatic rings. The zero-order chi connectivity index (χ0) is 12.1. The van der Waals surface area contributed by atoms with Gasteiger partial charge in [-0.1, -0.05) is 23.7 Å². The molecule has 0 radical (unpaired) electrons. The first-order valence-electron chi connectivity index (χ1n) is 4.48. The SMILES string of the molecule is CN=C(C(=CN)C(=O)O)c1ccc(Cl)cc1. The lowest BCUT2D eigenvalue weighted by atomic mass is 10.0. The maximum absolute atomic E-state index is 10.9. The van der Waals surface area contributed by atoms with Crippen molar-refractivity contribution in [2.45, 2.75) is 0 Å². The Kier molecular flexibility index (Phi) is 4.08. The molecule has 0 bridgehead atoms. The molecule has 5 heteroatoms. The van der Waals surface area contributed by atoms with Gasteiger partial charge < -0.3 is 10.8 Å². The van der Waals surface area contributed by atoms with Crippen LogP contribution in [0, 0.1) is 0 Å². The molecule has 0 amide bonds. The van der Waals surface area contributed by atoms with Gasteiger partial charge in [0, 0.05) is 23.8 Å². The minimum atomic E-state index is -1.11. The maximum atomic E-state index is 10.9. The fraction of sp³-hybridized carbons (Fsp3) is 0.0909. The highest BCUT2D eigenvalue weighted by molar-refractivity contribution is 6.31. The van der Waals surface area contributed by atoms with Crippen molar-refractivity contribution in [2.24, 2.45) is 10.7 Å². The number of rotatable bonds is 3. The molecule has 0 fully saturated rings. The summed E-state index contributed by atoms with van der Waals surface area (Å²) in [5.41, 5.74) is 6.21. The van der Waals surface area contributed by atoms with Gasteiger partial charge in [0.2, 0.25) is 0 Å². The molecule has 0 atom stereocenters. The Balaban J connectivity index is 3.19. The zero-order valence-electron chi connectivity index (χ0n) is 8.64. The van der Waals surface area contributed by atoms with Crippen molar-refractivity contribution < 1.29 is 9.90 Å². The predicted molar refractivity (Wildman–Crippen MR) is 63.8 cm³/mol. The van der Waals surface area contributed by atoms with Gasteiger partial charge in [-0.3, -0.25) is 4.99 Å². The van der Waals surface area contributed by atoms with Crippen molar-refractivity contribution in [3.8, 4) is 0 Å². The summed E-state index contributed by atoms with van der Waals surface area (Å²) in [4.78, 5) is 14.8. The van der Waals surface area contributed by atoms with Crippen molar-refractivity contribution in [3.63, 3.8) is 0 Å². The van der Waals surface area contributed by atoms with E-state index in [1.54, 1.807) is 24.3 Å². The number of aliphatic imine (C=N–C) groups is 1. The molecule has 1 rings (SSSR count). The van der Waals surface area contributed by atoms with E-state index in [0.717, 1.165) is 6.20 Å². The number of hydrogen-bond acceptors (Lipinski definition) is 3. The van der Waals surface area contributed by atoms with Crippen LogP contribution in [0.2, 0.25) is 5.02 Å². The van der Waals surface area contributed by atoms with E-state index in [1.165, 1.54) is 7.05 Å². The van der Waals surface area contributed by atoms with Gasteiger partial charge in [0.15, 0.2) is 0 Å². The van der Waals surface area contributed by atoms with Crippen molar-refractivity contribution in [3.05, 3.63) is 46.6 Å². The second-order valence-corrected chi connectivity index (χ2v) is 3.40. The van der Waals surface area contributed by atoms with Crippen LogP contribution in [0.5, 0.6) is 0 Å². The number of nitrogens with two attached hydrogens (primary N) is 1. The Morgan fingerprint density at radius 3 is 2.38 bits per heavy atom. The lowest BCUT2D eigenvalue weighted by Gasteiger charge is -2.06. The van der Waals surface area contributed by atoms with Crippen molar-refractivity contribution in [2.75, 3.05) is 7.05 Å². The lowest BCUT2D eigenvalue weighted by Crippen LogP contribution is -2.15. The Bertz CT molecular complexity index is 450. The van der Waals surface area contributed by atoms with Gasteiger partial charge >= 0.3 is 5.97 Å². The molecule has 4 nitrogen and oxygen atoms in total. The molecule has 16 heavy (non-hydrogen) atoms. The van der Waals surface area contributed by atoms with Crippen LogP contribution in [0.4, 0.5) is 0 Å². The van der Waals surface area contributed by atoms with Gasteiger partial charge in [-0.15, -0.1) is 0 Å². The fourth-order valence-electron chi connectivity index (χ4n) is 1.26. The highest BCUT2D eigenvalue weighted by Gasteiger charge is 2.15. The highest BCUT2D eigenvalue weighted by atomic mass is 35.5. The molecular formula is C11H11ClN2O2. The number of carboxylic acid groups (broad SMARTS) is 1. The minimum Gasteiger partial charge on any atom is -0.478 e. The Morgan fingerprint density at radius 2 is 2.00 bits per heavy atom. The molecule has 0 unspecified atom stereocenters. The molecule has 0 spiro atoms. The van der Waals surface area contributed by atoms with E-state index in [0.29, 0.717) is 16.3 Å². The second-order valence-electron chi connectivity index (χ2n) is 2.96. The first-order chi connectivity index (χ1) is 7.60. The quantitative estimate of drug-likeness (QED) is 0.622. The third-order valence-corrected chi connectivity index (χ3v) is 2.25. The van der Waals surface area contributed by atoms with Crippen LogP contribution in [0.3, 0.4) is 0 Å². The monoisotopic (exact) mass is 238 g/mol. The van der Waals surface area contributed by atoms with E-state index in [9.17, 15) is 4.79 Å². The molecular weight excluding hydrogens is 228 g/mol. The summed E-state index contributed by atoms with van der Waals surface area (Å²) in [6, 6.07) is 6.71. The van der Waals surface area contributed by atoms with Crippen LogP contribution in [0.1, 0.15) is 5.56 Å². The number of carbonyl (C=O) groups is 1. The molecule has 0 aromatic heterocycles. The van der Waals surface area contributed by atoms with Gasteiger partial charge in [-0.05, 0) is 12.1 Å². The van der Waals surface area contributed by atoms with E-state index in [2.05, 4.69) is 4.99 Å². The highest BCUT2D eigenvalue weighted by Crippen LogP contribution is 2.14. The van der Waals surface area contributed by atoms with E-state index < -0.39 is 5.97 Å². The first kappa shape index (κ1) is 12.3. The smallest absolute Gasteiger partial charge is 0.339 e. The van der Waals surface area contributed by atoms with Crippen molar-refractivity contribution in [1.29, 1.82) is 0 Å². The third-order valence-electron chi connectivity index (χ3n) is 1.99. The average molecular weight is 239 g/mol. The average Bonchev–Trinajstić information content (AvgIpc) is 2.26. The van der Waals surface area contributed by atoms with Crippen LogP contribution in [-0.4, -0.2) is 23.8 Å². The van der Waals surface area contributed by atoms with Crippen molar-refractivity contribution in [1.82, 2.24) is 0 Å². The lowest BCUT2D eigenvalue weighted by molar-refractivity contribution is -0.132. The van der Waals surface area contributed by atoms with Gasteiger partial charge in [0.1, 0.15) is 5.57 Å². The Hall–Kier alpha value is -1.81. The van der Waals surface area contributed by atoms with Gasteiger partial charge in [-0.25, -0.2) is 4.79 Å². The number of carboxylic acids is 1. The molecule has 0 saturated heterocycles. The fourth-order valence-corrected chi connectivity index (χ4v) is 1.39. The van der Waals surface area contributed by atoms with Crippen LogP contribution < -0.4 is 5.73 Å².